The van der Waals surface area contributed by atoms with Gasteiger partial charge >= 0.3 is 0 Å². The summed E-state index contributed by atoms with van der Waals surface area (Å²) in [6.45, 7) is 9.82. The van der Waals surface area contributed by atoms with Gasteiger partial charge in [-0.1, -0.05) is 12.1 Å². The third-order valence-corrected chi connectivity index (χ3v) is 4.20. The van der Waals surface area contributed by atoms with Gasteiger partial charge in [0, 0.05) is 0 Å². The van der Waals surface area contributed by atoms with E-state index >= 15 is 0 Å². The van der Waals surface area contributed by atoms with Crippen LogP contribution in [0.2, 0.25) is 0 Å². The molecule has 0 aliphatic carbocycles. The minimum absolute atomic E-state index is 0.115. The van der Waals surface area contributed by atoms with Gasteiger partial charge in [0.2, 0.25) is 0 Å². The van der Waals surface area contributed by atoms with Crippen molar-refractivity contribution >= 4 is 5.91 Å². The van der Waals surface area contributed by atoms with Crippen LogP contribution < -0.4 is 10.1 Å². The van der Waals surface area contributed by atoms with E-state index in [-0.39, 0.29) is 17.8 Å². The number of nitrogens with one attached hydrogen (secondary N) is 1. The van der Waals surface area contributed by atoms with Crippen LogP contribution in [0.3, 0.4) is 0 Å². The van der Waals surface area contributed by atoms with Crippen LogP contribution in [0, 0.1) is 26.6 Å². The maximum atomic E-state index is 12.9. The molecule has 0 spiro atoms. The SMILES string of the molecule is Cc1cc(C)c([C@H](C)NC(=O)[C@H](C)Oc2ccc(F)cc2)cc1C. The summed E-state index contributed by atoms with van der Waals surface area (Å²) < 4.78 is 18.5. The molecule has 0 unspecified atom stereocenters. The Kier molecular flexibility index (Phi) is 5.60. The lowest BCUT2D eigenvalue weighted by Gasteiger charge is -2.21. The van der Waals surface area contributed by atoms with E-state index in [2.05, 4.69) is 31.3 Å². The van der Waals surface area contributed by atoms with Gasteiger partial charge in [0.25, 0.3) is 5.91 Å². The zero-order valence-corrected chi connectivity index (χ0v) is 14.8. The van der Waals surface area contributed by atoms with E-state index in [0.717, 1.165) is 11.1 Å². The van der Waals surface area contributed by atoms with Gasteiger partial charge in [-0.05, 0) is 81.1 Å². The average Bonchev–Trinajstić information content (AvgIpc) is 2.52. The Bertz CT molecular complexity index is 725. The zero-order chi connectivity index (χ0) is 17.9. The van der Waals surface area contributed by atoms with E-state index in [1.807, 2.05) is 13.8 Å². The molecule has 0 saturated carbocycles. The number of hydrogen-bond acceptors (Lipinski definition) is 2. The molecule has 2 atom stereocenters. The maximum absolute atomic E-state index is 12.9. The number of aryl methyl sites for hydroxylation is 3. The van der Waals surface area contributed by atoms with E-state index in [0.29, 0.717) is 5.75 Å². The van der Waals surface area contributed by atoms with E-state index in [9.17, 15) is 9.18 Å². The summed E-state index contributed by atoms with van der Waals surface area (Å²) in [6, 6.07) is 9.76. The molecule has 0 bridgehead atoms. The van der Waals surface area contributed by atoms with Crippen molar-refractivity contribution in [3.63, 3.8) is 0 Å². The Labute approximate surface area is 142 Å². The van der Waals surface area contributed by atoms with Gasteiger partial charge in [0.15, 0.2) is 6.10 Å². The average molecular weight is 329 g/mol. The van der Waals surface area contributed by atoms with Gasteiger partial charge in [0.1, 0.15) is 11.6 Å². The first kappa shape index (κ1) is 18.0. The summed E-state index contributed by atoms with van der Waals surface area (Å²) in [6.07, 6.45) is -0.662. The van der Waals surface area contributed by atoms with Crippen molar-refractivity contribution < 1.29 is 13.9 Å². The summed E-state index contributed by atoms with van der Waals surface area (Å²) in [5.74, 6) is -0.0724. The highest BCUT2D eigenvalue weighted by Crippen LogP contribution is 2.22. The predicted octanol–water partition coefficient (Wildman–Crippen LogP) is 4.40. The Morgan fingerprint density at radius 3 is 2.21 bits per heavy atom. The van der Waals surface area contributed by atoms with Crippen molar-refractivity contribution in [2.45, 2.75) is 46.8 Å². The van der Waals surface area contributed by atoms with Gasteiger partial charge in [-0.2, -0.15) is 0 Å². The molecule has 2 aromatic carbocycles. The van der Waals surface area contributed by atoms with E-state index < -0.39 is 6.10 Å². The molecule has 4 heteroatoms. The first-order valence-corrected chi connectivity index (χ1v) is 8.08. The van der Waals surface area contributed by atoms with Gasteiger partial charge in [0.05, 0.1) is 6.04 Å². The predicted molar refractivity (Wildman–Crippen MR) is 93.7 cm³/mol. The molecule has 0 aromatic heterocycles. The fourth-order valence-electron chi connectivity index (χ4n) is 2.63. The Balaban J connectivity index is 2.03. The highest BCUT2D eigenvalue weighted by molar-refractivity contribution is 5.81. The highest BCUT2D eigenvalue weighted by Gasteiger charge is 2.19. The quantitative estimate of drug-likeness (QED) is 0.883. The molecule has 0 heterocycles. The fourth-order valence-corrected chi connectivity index (χ4v) is 2.63. The van der Waals surface area contributed by atoms with Crippen molar-refractivity contribution in [2.75, 3.05) is 0 Å². The number of hydrogen-bond donors (Lipinski definition) is 1. The van der Waals surface area contributed by atoms with Gasteiger partial charge in [-0.25, -0.2) is 4.39 Å². The van der Waals surface area contributed by atoms with Crippen LogP contribution in [-0.2, 0) is 4.79 Å². The standard InChI is InChI=1S/C20H24FNO2/c1-12-10-14(3)19(11-13(12)2)15(4)22-20(23)16(5)24-18-8-6-17(21)7-9-18/h6-11,15-16H,1-5H3,(H,22,23)/t15-,16-/m0/s1. The molecule has 1 amide bonds. The number of carbonyl (C=O) groups is 1. The summed E-state index contributed by atoms with van der Waals surface area (Å²) >= 11 is 0. The minimum atomic E-state index is -0.662. The lowest BCUT2D eigenvalue weighted by atomic mass is 9.96. The monoisotopic (exact) mass is 329 g/mol. The second-order valence-corrected chi connectivity index (χ2v) is 6.24. The Morgan fingerprint density at radius 2 is 1.58 bits per heavy atom. The largest absolute Gasteiger partial charge is 0.481 e. The summed E-state index contributed by atoms with van der Waals surface area (Å²) in [5, 5.41) is 2.98. The molecule has 0 saturated heterocycles. The second kappa shape index (κ2) is 7.47. The molecule has 1 N–H and O–H groups in total. The van der Waals surface area contributed by atoms with Crippen molar-refractivity contribution in [2.24, 2.45) is 0 Å². The number of amides is 1. The molecular weight excluding hydrogens is 305 g/mol. The molecule has 3 nitrogen and oxygen atoms in total. The van der Waals surface area contributed by atoms with Crippen LogP contribution in [0.4, 0.5) is 4.39 Å². The fraction of sp³-hybridized carbons (Fsp3) is 0.350. The number of rotatable bonds is 5. The molecule has 0 radical (unpaired) electrons. The summed E-state index contributed by atoms with van der Waals surface area (Å²) in [4.78, 5) is 12.4. The number of benzene rings is 2. The summed E-state index contributed by atoms with van der Waals surface area (Å²) in [7, 11) is 0. The first-order valence-electron chi connectivity index (χ1n) is 8.08. The topological polar surface area (TPSA) is 38.3 Å². The molecule has 24 heavy (non-hydrogen) atoms. The number of ether oxygens (including phenoxy) is 1. The van der Waals surface area contributed by atoms with Gasteiger partial charge in [-0.3, -0.25) is 4.79 Å². The van der Waals surface area contributed by atoms with Crippen LogP contribution >= 0.6 is 0 Å². The molecule has 0 fully saturated rings. The van der Waals surface area contributed by atoms with Gasteiger partial charge in [-0.15, -0.1) is 0 Å². The third-order valence-electron chi connectivity index (χ3n) is 4.20. The van der Waals surface area contributed by atoms with Crippen molar-refractivity contribution in [1.82, 2.24) is 5.32 Å². The Morgan fingerprint density at radius 1 is 1.00 bits per heavy atom. The number of halogens is 1. The van der Waals surface area contributed by atoms with E-state index in [1.54, 1.807) is 6.92 Å². The molecule has 2 aromatic rings. The molecule has 2 rings (SSSR count). The van der Waals surface area contributed by atoms with Crippen LogP contribution in [0.15, 0.2) is 36.4 Å². The molecule has 0 aliphatic rings. The Hall–Kier alpha value is -2.36. The van der Waals surface area contributed by atoms with Crippen molar-refractivity contribution in [1.29, 1.82) is 0 Å². The van der Waals surface area contributed by atoms with Crippen LogP contribution in [0.1, 0.15) is 42.1 Å². The molecule has 0 aliphatic heterocycles. The van der Waals surface area contributed by atoms with Gasteiger partial charge < -0.3 is 10.1 Å². The lowest BCUT2D eigenvalue weighted by molar-refractivity contribution is -0.127. The van der Waals surface area contributed by atoms with Crippen LogP contribution in [0.5, 0.6) is 5.75 Å². The van der Waals surface area contributed by atoms with E-state index in [4.69, 9.17) is 4.74 Å². The van der Waals surface area contributed by atoms with Crippen LogP contribution in [0.25, 0.3) is 0 Å². The van der Waals surface area contributed by atoms with Crippen molar-refractivity contribution in [3.05, 3.63) is 64.5 Å². The first-order chi connectivity index (χ1) is 11.3. The lowest BCUT2D eigenvalue weighted by Crippen LogP contribution is -2.38. The minimum Gasteiger partial charge on any atom is -0.481 e. The maximum Gasteiger partial charge on any atom is 0.261 e. The zero-order valence-electron chi connectivity index (χ0n) is 14.8. The van der Waals surface area contributed by atoms with E-state index in [1.165, 1.54) is 35.4 Å². The smallest absolute Gasteiger partial charge is 0.261 e. The highest BCUT2D eigenvalue weighted by atomic mass is 19.1. The molecule has 128 valence electrons. The van der Waals surface area contributed by atoms with Crippen molar-refractivity contribution in [3.8, 4) is 5.75 Å². The second-order valence-electron chi connectivity index (χ2n) is 6.24. The summed E-state index contributed by atoms with van der Waals surface area (Å²) in [5.41, 5.74) is 4.69. The van der Waals surface area contributed by atoms with Crippen LogP contribution in [-0.4, -0.2) is 12.0 Å². The number of carbonyl (C=O) groups excluding carboxylic acids is 1. The molecular formula is C20H24FNO2. The third kappa shape index (κ3) is 4.34. The normalized spacial score (nSPS) is 13.2.